The minimum absolute atomic E-state index is 0.446. The van der Waals surface area contributed by atoms with Gasteiger partial charge < -0.3 is 9.84 Å². The van der Waals surface area contributed by atoms with Crippen LogP contribution < -0.4 is 4.74 Å². The molecule has 0 radical (unpaired) electrons. The molecule has 0 amide bonds. The molecule has 0 aliphatic heterocycles. The summed E-state index contributed by atoms with van der Waals surface area (Å²) in [5.74, 6) is 1.16. The van der Waals surface area contributed by atoms with E-state index in [0.717, 1.165) is 5.56 Å². The molecule has 1 fully saturated rings. The zero-order chi connectivity index (χ0) is 13.9. The van der Waals surface area contributed by atoms with Crippen molar-refractivity contribution in [2.24, 2.45) is 0 Å². The van der Waals surface area contributed by atoms with Crippen LogP contribution in [-0.2, 0) is 0 Å². The molecule has 1 aliphatic rings. The van der Waals surface area contributed by atoms with Gasteiger partial charge in [-0.25, -0.2) is 0 Å². The van der Waals surface area contributed by atoms with Gasteiger partial charge in [-0.2, -0.15) is 0 Å². The molecule has 4 heteroatoms. The summed E-state index contributed by atoms with van der Waals surface area (Å²) in [6.45, 7) is 0. The van der Waals surface area contributed by atoms with E-state index in [4.69, 9.17) is 4.74 Å². The molecule has 1 heterocycles. The van der Waals surface area contributed by atoms with Gasteiger partial charge in [-0.05, 0) is 36.0 Å². The van der Waals surface area contributed by atoms with E-state index in [0.29, 0.717) is 17.5 Å². The molecule has 20 heavy (non-hydrogen) atoms. The molecule has 2 aromatic rings. The average molecular weight is 270 g/mol. The summed E-state index contributed by atoms with van der Waals surface area (Å²) in [4.78, 5) is 0. The molecule has 1 aromatic heterocycles. The fourth-order valence-electron chi connectivity index (χ4n) is 2.45. The second-order valence-corrected chi connectivity index (χ2v) is 5.20. The van der Waals surface area contributed by atoms with E-state index in [1.165, 1.54) is 24.8 Å². The van der Waals surface area contributed by atoms with Crippen LogP contribution >= 0.6 is 0 Å². The lowest BCUT2D eigenvalue weighted by Gasteiger charge is -2.26. The number of hydrogen-bond donors (Lipinski definition) is 1. The fourth-order valence-corrected chi connectivity index (χ4v) is 2.45. The summed E-state index contributed by atoms with van der Waals surface area (Å²) in [5.41, 5.74) is 2.74. The van der Waals surface area contributed by atoms with Gasteiger partial charge in [0.25, 0.3) is 0 Å². The van der Waals surface area contributed by atoms with Gasteiger partial charge in [0.1, 0.15) is 6.10 Å². The number of aromatic nitrogens is 2. The Morgan fingerprint density at radius 1 is 1.10 bits per heavy atom. The van der Waals surface area contributed by atoms with E-state index >= 15 is 0 Å². The third kappa shape index (κ3) is 2.51. The van der Waals surface area contributed by atoms with Gasteiger partial charge in [0.2, 0.25) is 5.88 Å². The molecule has 1 aliphatic carbocycles. The summed E-state index contributed by atoms with van der Waals surface area (Å²) in [7, 11) is 1.54. The molecule has 4 nitrogen and oxygen atoms in total. The fraction of sp³-hybridized carbons (Fsp3) is 0.375. The van der Waals surface area contributed by atoms with Crippen LogP contribution in [0.3, 0.4) is 0 Å². The maximum Gasteiger partial charge on any atom is 0.233 e. The van der Waals surface area contributed by atoms with Crippen LogP contribution in [0.2, 0.25) is 0 Å². The Labute approximate surface area is 118 Å². The van der Waals surface area contributed by atoms with Crippen molar-refractivity contribution < 1.29 is 9.84 Å². The molecular weight excluding hydrogens is 252 g/mol. The van der Waals surface area contributed by atoms with E-state index in [2.05, 4.69) is 22.3 Å². The summed E-state index contributed by atoms with van der Waals surface area (Å²) < 4.78 is 4.96. The molecule has 1 aromatic carbocycles. The van der Waals surface area contributed by atoms with E-state index in [-0.39, 0.29) is 0 Å². The number of benzene rings is 1. The van der Waals surface area contributed by atoms with Crippen LogP contribution in [0.15, 0.2) is 36.4 Å². The molecule has 0 spiro atoms. The first-order valence-corrected chi connectivity index (χ1v) is 6.93. The molecule has 1 unspecified atom stereocenters. The highest BCUT2D eigenvalue weighted by molar-refractivity contribution is 5.31. The van der Waals surface area contributed by atoms with Crippen LogP contribution in [0.1, 0.15) is 48.1 Å². The molecule has 1 N–H and O–H groups in total. The van der Waals surface area contributed by atoms with E-state index in [1.807, 2.05) is 12.1 Å². The molecular formula is C16H18N2O2. The van der Waals surface area contributed by atoms with Crippen LogP contribution in [0.4, 0.5) is 0 Å². The lowest BCUT2D eigenvalue weighted by atomic mass is 9.80. The Kier molecular flexibility index (Phi) is 3.65. The Bertz CT molecular complexity index is 562. The number of rotatable bonds is 4. The summed E-state index contributed by atoms with van der Waals surface area (Å²) in [6, 6.07) is 11.6. The lowest BCUT2D eigenvalue weighted by Crippen LogP contribution is -2.09. The SMILES string of the molecule is COc1ccc(C(O)c2ccc(C3CCC3)cc2)nn1. The van der Waals surface area contributed by atoms with Crippen molar-refractivity contribution in [2.75, 3.05) is 7.11 Å². The first-order chi connectivity index (χ1) is 9.78. The number of methoxy groups -OCH3 is 1. The largest absolute Gasteiger partial charge is 0.480 e. The third-order valence-electron chi connectivity index (χ3n) is 3.98. The van der Waals surface area contributed by atoms with Gasteiger partial charge in [-0.1, -0.05) is 30.7 Å². The normalized spacial score (nSPS) is 16.5. The number of aliphatic hydroxyl groups is 1. The van der Waals surface area contributed by atoms with Crippen molar-refractivity contribution in [1.82, 2.24) is 10.2 Å². The predicted octanol–water partition coefficient (Wildman–Crippen LogP) is 2.83. The van der Waals surface area contributed by atoms with Gasteiger partial charge in [0.05, 0.1) is 12.8 Å². The van der Waals surface area contributed by atoms with Gasteiger partial charge >= 0.3 is 0 Å². The summed E-state index contributed by atoms with van der Waals surface area (Å²) in [6.07, 6.45) is 3.15. The van der Waals surface area contributed by atoms with E-state index < -0.39 is 6.10 Å². The number of nitrogens with zero attached hydrogens (tertiary/aromatic N) is 2. The first-order valence-electron chi connectivity index (χ1n) is 6.93. The van der Waals surface area contributed by atoms with Gasteiger partial charge in [-0.3, -0.25) is 0 Å². The lowest BCUT2D eigenvalue weighted by molar-refractivity contribution is 0.213. The second kappa shape index (κ2) is 5.59. The molecule has 1 saturated carbocycles. The maximum atomic E-state index is 10.3. The monoisotopic (exact) mass is 270 g/mol. The van der Waals surface area contributed by atoms with E-state index in [9.17, 15) is 5.11 Å². The van der Waals surface area contributed by atoms with Gasteiger partial charge in [0, 0.05) is 6.07 Å². The molecule has 104 valence electrons. The standard InChI is InChI=1S/C16H18N2O2/c1-20-15-10-9-14(17-18-15)16(19)13-7-5-12(6-8-13)11-3-2-4-11/h5-11,16,19H,2-4H2,1H3. The topological polar surface area (TPSA) is 55.2 Å². The molecule has 3 rings (SSSR count). The minimum atomic E-state index is -0.746. The van der Waals surface area contributed by atoms with Crippen LogP contribution in [0.5, 0.6) is 5.88 Å². The third-order valence-corrected chi connectivity index (χ3v) is 3.98. The zero-order valence-electron chi connectivity index (χ0n) is 11.5. The first kappa shape index (κ1) is 13.1. The highest BCUT2D eigenvalue weighted by Gasteiger charge is 2.20. The highest BCUT2D eigenvalue weighted by atomic mass is 16.5. The summed E-state index contributed by atoms with van der Waals surface area (Å²) in [5, 5.41) is 18.2. The van der Waals surface area contributed by atoms with Crippen LogP contribution in [-0.4, -0.2) is 22.4 Å². The second-order valence-electron chi connectivity index (χ2n) is 5.20. The van der Waals surface area contributed by atoms with Crippen LogP contribution in [0.25, 0.3) is 0 Å². The van der Waals surface area contributed by atoms with Crippen molar-refractivity contribution in [2.45, 2.75) is 31.3 Å². The number of aliphatic hydroxyl groups excluding tert-OH is 1. The molecule has 1 atom stereocenters. The smallest absolute Gasteiger partial charge is 0.233 e. The van der Waals surface area contributed by atoms with Gasteiger partial charge in [-0.15, -0.1) is 10.2 Å². The average Bonchev–Trinajstić information content (AvgIpc) is 2.46. The predicted molar refractivity (Wildman–Crippen MR) is 75.7 cm³/mol. The number of ether oxygens (including phenoxy) is 1. The van der Waals surface area contributed by atoms with E-state index in [1.54, 1.807) is 19.2 Å². The van der Waals surface area contributed by atoms with Crippen molar-refractivity contribution in [3.05, 3.63) is 53.2 Å². The Balaban J connectivity index is 1.76. The highest BCUT2D eigenvalue weighted by Crippen LogP contribution is 2.36. The number of hydrogen-bond acceptors (Lipinski definition) is 4. The van der Waals surface area contributed by atoms with Crippen molar-refractivity contribution in [3.8, 4) is 5.88 Å². The van der Waals surface area contributed by atoms with Crippen molar-refractivity contribution in [3.63, 3.8) is 0 Å². The van der Waals surface area contributed by atoms with Crippen molar-refractivity contribution in [1.29, 1.82) is 0 Å². The summed E-state index contributed by atoms with van der Waals surface area (Å²) >= 11 is 0. The molecule has 0 saturated heterocycles. The zero-order valence-corrected chi connectivity index (χ0v) is 11.5. The Morgan fingerprint density at radius 3 is 2.35 bits per heavy atom. The Hall–Kier alpha value is -1.94. The minimum Gasteiger partial charge on any atom is -0.480 e. The van der Waals surface area contributed by atoms with Crippen LogP contribution in [0, 0.1) is 0 Å². The quantitative estimate of drug-likeness (QED) is 0.928. The molecule has 0 bridgehead atoms. The maximum absolute atomic E-state index is 10.3. The van der Waals surface area contributed by atoms with Gasteiger partial charge in [0.15, 0.2) is 0 Å². The Morgan fingerprint density at radius 2 is 1.85 bits per heavy atom. The van der Waals surface area contributed by atoms with Crippen molar-refractivity contribution >= 4 is 0 Å².